The van der Waals surface area contributed by atoms with Crippen molar-refractivity contribution in [2.24, 2.45) is 0 Å². The lowest BCUT2D eigenvalue weighted by molar-refractivity contribution is 0.204. The van der Waals surface area contributed by atoms with Gasteiger partial charge < -0.3 is 5.11 Å². The van der Waals surface area contributed by atoms with Crippen LogP contribution in [-0.4, -0.2) is 17.1 Å². The predicted octanol–water partition coefficient (Wildman–Crippen LogP) is 3.18. The van der Waals surface area contributed by atoms with Crippen molar-refractivity contribution in [1.82, 2.24) is 0 Å². The van der Waals surface area contributed by atoms with Gasteiger partial charge in [-0.1, -0.05) is 11.6 Å². The molecule has 0 bridgehead atoms. The molecule has 14 heavy (non-hydrogen) atoms. The third-order valence-corrected chi connectivity index (χ3v) is 2.94. The summed E-state index contributed by atoms with van der Waals surface area (Å²) in [6.07, 6.45) is 1.18. The molecular weight excluding hydrogens is 223 g/mol. The van der Waals surface area contributed by atoms with E-state index >= 15 is 0 Å². The van der Waals surface area contributed by atoms with Gasteiger partial charge in [0.25, 0.3) is 0 Å². The summed E-state index contributed by atoms with van der Waals surface area (Å²) in [7, 11) is 0. The van der Waals surface area contributed by atoms with E-state index in [0.29, 0.717) is 21.9 Å². The Labute approximate surface area is 92.3 Å². The van der Waals surface area contributed by atoms with Crippen LogP contribution >= 0.6 is 23.4 Å². The van der Waals surface area contributed by atoms with E-state index in [1.54, 1.807) is 6.92 Å². The number of hydrogen-bond donors (Lipinski definition) is 1. The monoisotopic (exact) mass is 234 g/mol. The standard InChI is InChI=1S/C10H12ClFOS/c1-6-3-8(11)7(4-9(6)12)10(13)5-14-2/h3-4,10,13H,5H2,1-2H3. The van der Waals surface area contributed by atoms with Gasteiger partial charge in [0.05, 0.1) is 6.10 Å². The number of benzene rings is 1. The van der Waals surface area contributed by atoms with Crippen LogP contribution in [0.5, 0.6) is 0 Å². The van der Waals surface area contributed by atoms with E-state index in [9.17, 15) is 9.50 Å². The molecular formula is C10H12ClFOS. The van der Waals surface area contributed by atoms with Gasteiger partial charge in [0, 0.05) is 16.3 Å². The molecule has 0 heterocycles. The van der Waals surface area contributed by atoms with Crippen molar-refractivity contribution in [2.75, 3.05) is 12.0 Å². The Morgan fingerprint density at radius 3 is 2.79 bits per heavy atom. The van der Waals surface area contributed by atoms with Gasteiger partial charge in [-0.2, -0.15) is 11.8 Å². The summed E-state index contributed by atoms with van der Waals surface area (Å²) in [4.78, 5) is 0. The zero-order chi connectivity index (χ0) is 10.7. The summed E-state index contributed by atoms with van der Waals surface area (Å²) in [5, 5.41) is 10.1. The maximum atomic E-state index is 13.2. The molecule has 0 aliphatic heterocycles. The number of aryl methyl sites for hydroxylation is 1. The fraction of sp³-hybridized carbons (Fsp3) is 0.400. The summed E-state index contributed by atoms with van der Waals surface area (Å²) < 4.78 is 13.2. The first-order chi connectivity index (χ1) is 6.56. The molecule has 1 rings (SSSR count). The number of aliphatic hydroxyl groups excluding tert-OH is 1. The van der Waals surface area contributed by atoms with Gasteiger partial charge in [0.15, 0.2) is 0 Å². The lowest BCUT2D eigenvalue weighted by atomic mass is 10.1. The molecule has 1 atom stereocenters. The summed E-state index contributed by atoms with van der Waals surface area (Å²) in [6.45, 7) is 1.64. The Morgan fingerprint density at radius 1 is 1.57 bits per heavy atom. The van der Waals surface area contributed by atoms with Gasteiger partial charge in [-0.3, -0.25) is 0 Å². The van der Waals surface area contributed by atoms with E-state index in [1.807, 2.05) is 6.26 Å². The molecule has 1 unspecified atom stereocenters. The molecule has 4 heteroatoms. The van der Waals surface area contributed by atoms with Crippen LogP contribution in [0.25, 0.3) is 0 Å². The molecule has 0 saturated carbocycles. The Hall–Kier alpha value is -0.250. The second kappa shape index (κ2) is 5.01. The van der Waals surface area contributed by atoms with Gasteiger partial charge in [-0.05, 0) is 30.9 Å². The SMILES string of the molecule is CSCC(O)c1cc(F)c(C)cc1Cl. The Kier molecular flexibility index (Phi) is 4.23. The molecule has 1 nitrogen and oxygen atoms in total. The van der Waals surface area contributed by atoms with E-state index < -0.39 is 6.10 Å². The summed E-state index contributed by atoms with van der Waals surface area (Å²) in [5.41, 5.74) is 0.958. The van der Waals surface area contributed by atoms with Gasteiger partial charge >= 0.3 is 0 Å². The molecule has 0 saturated heterocycles. The molecule has 0 aliphatic carbocycles. The zero-order valence-electron chi connectivity index (χ0n) is 8.05. The quantitative estimate of drug-likeness (QED) is 0.867. The fourth-order valence-corrected chi connectivity index (χ4v) is 2.00. The smallest absolute Gasteiger partial charge is 0.126 e. The van der Waals surface area contributed by atoms with E-state index in [0.717, 1.165) is 0 Å². The topological polar surface area (TPSA) is 20.2 Å². The first kappa shape index (κ1) is 11.8. The highest BCUT2D eigenvalue weighted by atomic mass is 35.5. The number of aliphatic hydroxyl groups is 1. The van der Waals surface area contributed by atoms with E-state index in [2.05, 4.69) is 0 Å². The molecule has 0 amide bonds. The highest BCUT2D eigenvalue weighted by molar-refractivity contribution is 7.98. The van der Waals surface area contributed by atoms with Crippen LogP contribution in [0, 0.1) is 12.7 Å². The highest BCUT2D eigenvalue weighted by Gasteiger charge is 2.13. The molecule has 0 radical (unpaired) electrons. The lowest BCUT2D eigenvalue weighted by Gasteiger charge is -2.12. The van der Waals surface area contributed by atoms with Gasteiger partial charge in [-0.15, -0.1) is 0 Å². The lowest BCUT2D eigenvalue weighted by Crippen LogP contribution is -2.02. The van der Waals surface area contributed by atoms with Gasteiger partial charge in [0.2, 0.25) is 0 Å². The third-order valence-electron chi connectivity index (χ3n) is 1.96. The number of thioether (sulfide) groups is 1. The average molecular weight is 235 g/mol. The molecule has 78 valence electrons. The number of halogens is 2. The Morgan fingerprint density at radius 2 is 2.21 bits per heavy atom. The summed E-state index contributed by atoms with van der Waals surface area (Å²) in [6, 6.07) is 2.84. The van der Waals surface area contributed by atoms with Crippen molar-refractivity contribution in [3.8, 4) is 0 Å². The van der Waals surface area contributed by atoms with Crippen LogP contribution in [0.15, 0.2) is 12.1 Å². The largest absolute Gasteiger partial charge is 0.387 e. The van der Waals surface area contributed by atoms with Crippen LogP contribution in [0.1, 0.15) is 17.2 Å². The van der Waals surface area contributed by atoms with Crippen molar-refractivity contribution < 1.29 is 9.50 Å². The van der Waals surface area contributed by atoms with E-state index in [-0.39, 0.29) is 5.82 Å². The van der Waals surface area contributed by atoms with Crippen LogP contribution in [0.4, 0.5) is 4.39 Å². The minimum absolute atomic E-state index is 0.329. The summed E-state index contributed by atoms with van der Waals surface area (Å²) in [5.74, 6) is 0.187. The van der Waals surface area contributed by atoms with Crippen molar-refractivity contribution in [3.05, 3.63) is 34.1 Å². The maximum absolute atomic E-state index is 13.2. The highest BCUT2D eigenvalue weighted by Crippen LogP contribution is 2.27. The van der Waals surface area contributed by atoms with Crippen LogP contribution < -0.4 is 0 Å². The molecule has 1 aromatic carbocycles. The van der Waals surface area contributed by atoms with Crippen LogP contribution in [0.3, 0.4) is 0 Å². The minimum Gasteiger partial charge on any atom is -0.387 e. The molecule has 0 aromatic heterocycles. The molecule has 1 aromatic rings. The normalized spacial score (nSPS) is 12.9. The van der Waals surface area contributed by atoms with E-state index in [1.165, 1.54) is 23.9 Å². The van der Waals surface area contributed by atoms with Crippen molar-refractivity contribution in [2.45, 2.75) is 13.0 Å². The van der Waals surface area contributed by atoms with Gasteiger partial charge in [0.1, 0.15) is 5.82 Å². The maximum Gasteiger partial charge on any atom is 0.126 e. The van der Waals surface area contributed by atoms with Crippen LogP contribution in [-0.2, 0) is 0 Å². The predicted molar refractivity (Wildman–Crippen MR) is 59.5 cm³/mol. The fourth-order valence-electron chi connectivity index (χ4n) is 1.16. The summed E-state index contributed by atoms with van der Waals surface area (Å²) >= 11 is 7.39. The average Bonchev–Trinajstić information content (AvgIpc) is 2.11. The van der Waals surface area contributed by atoms with E-state index in [4.69, 9.17) is 11.6 Å². The Balaban J connectivity index is 3.02. The zero-order valence-corrected chi connectivity index (χ0v) is 9.62. The third kappa shape index (κ3) is 2.62. The molecule has 0 aliphatic rings. The van der Waals surface area contributed by atoms with Gasteiger partial charge in [-0.25, -0.2) is 4.39 Å². The molecule has 1 N–H and O–H groups in total. The number of hydrogen-bond acceptors (Lipinski definition) is 2. The second-order valence-electron chi connectivity index (χ2n) is 3.09. The number of rotatable bonds is 3. The Bertz CT molecular complexity index is 330. The van der Waals surface area contributed by atoms with Crippen molar-refractivity contribution >= 4 is 23.4 Å². The molecule has 0 fully saturated rings. The first-order valence-corrected chi connectivity index (χ1v) is 5.96. The molecule has 0 spiro atoms. The van der Waals surface area contributed by atoms with Crippen molar-refractivity contribution in [1.29, 1.82) is 0 Å². The first-order valence-electron chi connectivity index (χ1n) is 4.18. The van der Waals surface area contributed by atoms with Crippen molar-refractivity contribution in [3.63, 3.8) is 0 Å². The van der Waals surface area contributed by atoms with Crippen LogP contribution in [0.2, 0.25) is 5.02 Å². The minimum atomic E-state index is -0.701. The second-order valence-corrected chi connectivity index (χ2v) is 4.41.